The van der Waals surface area contributed by atoms with Gasteiger partial charge in [0, 0.05) is 0 Å². The smallest absolute Gasteiger partial charge is 0.0143 e. The molecule has 28 heavy (non-hydrogen) atoms. The monoisotopic (exact) mass is 382 g/mol. The third-order valence-corrected chi connectivity index (χ3v) is 10.2. The number of hydrogen-bond acceptors (Lipinski definition) is 0. The van der Waals surface area contributed by atoms with E-state index in [1.807, 2.05) is 5.57 Å². The van der Waals surface area contributed by atoms with Gasteiger partial charge in [0.15, 0.2) is 0 Å². The van der Waals surface area contributed by atoms with Gasteiger partial charge in [-0.25, -0.2) is 0 Å². The Bertz CT molecular complexity index is 618. The van der Waals surface area contributed by atoms with Crippen molar-refractivity contribution in [2.45, 2.75) is 112 Å². The first kappa shape index (κ1) is 20.7. The summed E-state index contributed by atoms with van der Waals surface area (Å²) in [6, 6.07) is 0. The Morgan fingerprint density at radius 3 is 2.54 bits per heavy atom. The van der Waals surface area contributed by atoms with Crippen molar-refractivity contribution < 1.29 is 0 Å². The van der Waals surface area contributed by atoms with E-state index in [1.165, 1.54) is 77.0 Å². The van der Waals surface area contributed by atoms with Gasteiger partial charge in [0.2, 0.25) is 0 Å². The lowest BCUT2D eigenvalue weighted by Gasteiger charge is -2.44. The standard InChI is InChI=1S/C28H46/c1-6-9-20(3)25-13-14-26-23(10-8-15-27(25,26)5)12-11-22-18-21(4)28(16-17-28)24(7-2)19-22/h11-12,20-21,24-26H,6-10,13-19H2,1-5H3. The highest BCUT2D eigenvalue weighted by Gasteiger charge is 2.54. The predicted octanol–water partition coefficient (Wildman–Crippen LogP) is 8.73. The summed E-state index contributed by atoms with van der Waals surface area (Å²) in [6.07, 6.45) is 22.4. The fraction of sp³-hybridized carbons (Fsp3) is 0.857. The summed E-state index contributed by atoms with van der Waals surface area (Å²) in [5.41, 5.74) is 4.92. The molecule has 4 aliphatic carbocycles. The summed E-state index contributed by atoms with van der Waals surface area (Å²) in [6.45, 7) is 12.5. The van der Waals surface area contributed by atoms with Crippen molar-refractivity contribution in [2.24, 2.45) is 40.4 Å². The zero-order chi connectivity index (χ0) is 19.9. The zero-order valence-corrected chi connectivity index (χ0v) is 19.5. The van der Waals surface area contributed by atoms with Crippen molar-refractivity contribution in [3.8, 4) is 0 Å². The maximum absolute atomic E-state index is 2.66. The zero-order valence-electron chi connectivity index (χ0n) is 19.5. The van der Waals surface area contributed by atoms with Crippen LogP contribution in [0.2, 0.25) is 0 Å². The summed E-state index contributed by atoms with van der Waals surface area (Å²) in [5, 5.41) is 0. The number of hydrogen-bond donors (Lipinski definition) is 0. The summed E-state index contributed by atoms with van der Waals surface area (Å²) in [4.78, 5) is 0. The molecule has 1 spiro atoms. The van der Waals surface area contributed by atoms with E-state index in [4.69, 9.17) is 0 Å². The minimum absolute atomic E-state index is 0.584. The molecule has 0 aromatic heterocycles. The fourth-order valence-corrected chi connectivity index (χ4v) is 8.43. The average molecular weight is 383 g/mol. The maximum atomic E-state index is 2.66. The molecule has 0 aromatic rings. The van der Waals surface area contributed by atoms with Gasteiger partial charge in [0.05, 0.1) is 0 Å². The molecule has 6 atom stereocenters. The van der Waals surface area contributed by atoms with Crippen molar-refractivity contribution in [3.63, 3.8) is 0 Å². The van der Waals surface area contributed by atoms with Gasteiger partial charge in [-0.3, -0.25) is 0 Å². The van der Waals surface area contributed by atoms with Crippen LogP contribution in [-0.2, 0) is 0 Å². The molecule has 0 aliphatic heterocycles. The van der Waals surface area contributed by atoms with Crippen molar-refractivity contribution in [1.82, 2.24) is 0 Å². The largest absolute Gasteiger partial charge is 0.0696 e. The highest BCUT2D eigenvalue weighted by molar-refractivity contribution is 5.27. The van der Waals surface area contributed by atoms with Crippen LogP contribution in [0.5, 0.6) is 0 Å². The van der Waals surface area contributed by atoms with Gasteiger partial charge in [-0.05, 0) is 98.2 Å². The lowest BCUT2D eigenvalue weighted by atomic mass is 9.60. The van der Waals surface area contributed by atoms with Gasteiger partial charge < -0.3 is 0 Å². The first-order valence-electron chi connectivity index (χ1n) is 12.8. The molecule has 158 valence electrons. The summed E-state index contributed by atoms with van der Waals surface area (Å²) >= 11 is 0. The molecule has 0 heteroatoms. The molecule has 4 fully saturated rings. The quantitative estimate of drug-likeness (QED) is 0.446. The van der Waals surface area contributed by atoms with Crippen LogP contribution < -0.4 is 0 Å². The summed E-state index contributed by atoms with van der Waals surface area (Å²) in [7, 11) is 0. The van der Waals surface area contributed by atoms with E-state index in [0.717, 1.165) is 35.0 Å². The molecular formula is C28H46. The van der Waals surface area contributed by atoms with E-state index in [0.29, 0.717) is 5.41 Å². The molecule has 4 saturated carbocycles. The van der Waals surface area contributed by atoms with Crippen molar-refractivity contribution in [2.75, 3.05) is 0 Å². The first-order valence-corrected chi connectivity index (χ1v) is 12.8. The van der Waals surface area contributed by atoms with Crippen LogP contribution >= 0.6 is 0 Å². The second-order valence-electron chi connectivity index (χ2n) is 11.6. The van der Waals surface area contributed by atoms with Gasteiger partial charge in [-0.15, -0.1) is 0 Å². The van der Waals surface area contributed by atoms with Crippen LogP contribution in [0.1, 0.15) is 112 Å². The van der Waals surface area contributed by atoms with Crippen LogP contribution in [0.15, 0.2) is 23.3 Å². The topological polar surface area (TPSA) is 0 Å². The van der Waals surface area contributed by atoms with Crippen LogP contribution in [0.3, 0.4) is 0 Å². The highest BCUT2D eigenvalue weighted by atomic mass is 14.6. The molecule has 0 saturated heterocycles. The Hall–Kier alpha value is -0.520. The normalized spacial score (nSPS) is 43.5. The average Bonchev–Trinajstić information content (AvgIpc) is 3.38. The van der Waals surface area contributed by atoms with Gasteiger partial charge in [0.1, 0.15) is 0 Å². The Morgan fingerprint density at radius 1 is 1.07 bits per heavy atom. The molecule has 0 bridgehead atoms. The third kappa shape index (κ3) is 3.45. The molecule has 4 rings (SSSR count). The van der Waals surface area contributed by atoms with Gasteiger partial charge in [-0.2, -0.15) is 0 Å². The van der Waals surface area contributed by atoms with Gasteiger partial charge >= 0.3 is 0 Å². The van der Waals surface area contributed by atoms with Crippen molar-refractivity contribution in [1.29, 1.82) is 0 Å². The molecular weight excluding hydrogens is 336 g/mol. The number of rotatable bonds is 5. The molecule has 0 N–H and O–H groups in total. The maximum Gasteiger partial charge on any atom is -0.0143 e. The van der Waals surface area contributed by atoms with Crippen molar-refractivity contribution in [3.05, 3.63) is 23.3 Å². The van der Waals surface area contributed by atoms with Crippen LogP contribution in [0, 0.1) is 40.4 Å². The predicted molar refractivity (Wildman–Crippen MR) is 122 cm³/mol. The molecule has 0 nitrogen and oxygen atoms in total. The lowest BCUT2D eigenvalue weighted by molar-refractivity contribution is 0.0940. The van der Waals surface area contributed by atoms with E-state index in [9.17, 15) is 0 Å². The van der Waals surface area contributed by atoms with Crippen molar-refractivity contribution >= 4 is 0 Å². The Balaban J connectivity index is 1.50. The lowest BCUT2D eigenvalue weighted by Crippen LogP contribution is -2.36. The molecule has 0 heterocycles. The summed E-state index contributed by atoms with van der Waals surface area (Å²) < 4.78 is 0. The third-order valence-electron chi connectivity index (χ3n) is 10.2. The van der Waals surface area contributed by atoms with E-state index in [-0.39, 0.29) is 0 Å². The SMILES string of the molecule is CCCC(C)C1CCC2C(=CC=C3CC(C)C4(CC4)C(CC)C3)CCCC21C. The van der Waals surface area contributed by atoms with Crippen LogP contribution in [0.25, 0.3) is 0 Å². The molecule has 0 amide bonds. The van der Waals surface area contributed by atoms with E-state index >= 15 is 0 Å². The van der Waals surface area contributed by atoms with Crippen LogP contribution in [0.4, 0.5) is 0 Å². The number of allylic oxidation sites excluding steroid dienone is 4. The van der Waals surface area contributed by atoms with Gasteiger partial charge in [-0.1, -0.05) is 77.2 Å². The second kappa shape index (κ2) is 7.96. The molecule has 0 radical (unpaired) electrons. The van der Waals surface area contributed by atoms with Gasteiger partial charge in [0.25, 0.3) is 0 Å². The minimum atomic E-state index is 0.584. The molecule has 0 aromatic carbocycles. The Labute approximate surface area is 175 Å². The Kier molecular flexibility index (Phi) is 5.89. The second-order valence-corrected chi connectivity index (χ2v) is 11.6. The first-order chi connectivity index (χ1) is 13.4. The fourth-order valence-electron chi connectivity index (χ4n) is 8.43. The van der Waals surface area contributed by atoms with E-state index in [1.54, 1.807) is 5.57 Å². The van der Waals surface area contributed by atoms with Crippen LogP contribution in [-0.4, -0.2) is 0 Å². The van der Waals surface area contributed by atoms with E-state index in [2.05, 4.69) is 46.8 Å². The minimum Gasteiger partial charge on any atom is -0.0696 e. The highest BCUT2D eigenvalue weighted by Crippen LogP contribution is 2.64. The molecule has 6 unspecified atom stereocenters. The summed E-state index contributed by atoms with van der Waals surface area (Å²) in [5.74, 6) is 4.63. The number of fused-ring (bicyclic) bond motifs is 1. The van der Waals surface area contributed by atoms with E-state index < -0.39 is 0 Å². The Morgan fingerprint density at radius 2 is 1.86 bits per heavy atom. The molecule has 4 aliphatic rings.